The number of rotatable bonds is 8. The molecule has 0 radical (unpaired) electrons. The van der Waals surface area contributed by atoms with Crippen LogP contribution in [0.2, 0.25) is 0 Å². The van der Waals surface area contributed by atoms with Crippen molar-refractivity contribution < 1.29 is 19.4 Å². The van der Waals surface area contributed by atoms with E-state index in [4.69, 9.17) is 9.47 Å². The average molecular weight is 384 g/mol. The second-order valence-corrected chi connectivity index (χ2v) is 7.03. The van der Waals surface area contributed by atoms with Gasteiger partial charge in [0, 0.05) is 44.0 Å². The summed E-state index contributed by atoms with van der Waals surface area (Å²) in [7, 11) is 1.67. The van der Waals surface area contributed by atoms with Crippen LogP contribution in [-0.2, 0) is 0 Å². The molecule has 1 atom stereocenters. The van der Waals surface area contributed by atoms with Gasteiger partial charge in [0.1, 0.15) is 24.2 Å². The van der Waals surface area contributed by atoms with Crippen molar-refractivity contribution in [3.63, 3.8) is 0 Å². The van der Waals surface area contributed by atoms with Crippen LogP contribution in [0.3, 0.4) is 0 Å². The molecule has 3 rings (SSSR count). The number of carbonyl (C=O) groups is 1. The van der Waals surface area contributed by atoms with Crippen LogP contribution in [0.15, 0.2) is 48.5 Å². The first-order valence-corrected chi connectivity index (χ1v) is 9.58. The third-order valence-corrected chi connectivity index (χ3v) is 4.96. The Kier molecular flexibility index (Phi) is 6.90. The number of hydrogen-bond donors (Lipinski definition) is 1. The Morgan fingerprint density at radius 2 is 1.79 bits per heavy atom. The summed E-state index contributed by atoms with van der Waals surface area (Å²) in [4.78, 5) is 16.0. The topological polar surface area (TPSA) is 62.2 Å². The van der Waals surface area contributed by atoms with Gasteiger partial charge < -0.3 is 19.5 Å². The number of aliphatic hydroxyl groups excluding tert-OH is 1. The highest BCUT2D eigenvalue weighted by Crippen LogP contribution is 2.20. The number of Topliss-reactive ketones (excluding diaryl/α,β-unsaturated/α-hetero) is 1. The zero-order valence-electron chi connectivity index (χ0n) is 16.5. The Bertz CT molecular complexity index is 770. The van der Waals surface area contributed by atoms with E-state index >= 15 is 0 Å². The third-order valence-electron chi connectivity index (χ3n) is 4.96. The minimum atomic E-state index is -0.575. The zero-order chi connectivity index (χ0) is 19.9. The van der Waals surface area contributed by atoms with E-state index in [1.807, 2.05) is 12.1 Å². The Morgan fingerprint density at radius 3 is 2.43 bits per heavy atom. The molecular formula is C22H28N2O4. The Hall–Kier alpha value is -2.57. The SMILES string of the molecule is COc1ccc(N2CCN(CC(O)COc3cccc(C(C)=O)c3)CC2)cc1. The summed E-state index contributed by atoms with van der Waals surface area (Å²) >= 11 is 0. The van der Waals surface area contributed by atoms with Gasteiger partial charge in [-0.2, -0.15) is 0 Å². The van der Waals surface area contributed by atoms with Crippen molar-refractivity contribution in [2.24, 2.45) is 0 Å². The van der Waals surface area contributed by atoms with Gasteiger partial charge in [-0.25, -0.2) is 0 Å². The molecule has 28 heavy (non-hydrogen) atoms. The highest BCUT2D eigenvalue weighted by atomic mass is 16.5. The number of hydrogen-bond acceptors (Lipinski definition) is 6. The van der Waals surface area contributed by atoms with Gasteiger partial charge in [-0.15, -0.1) is 0 Å². The highest BCUT2D eigenvalue weighted by Gasteiger charge is 2.20. The fraction of sp³-hybridized carbons (Fsp3) is 0.409. The number of benzene rings is 2. The molecule has 6 nitrogen and oxygen atoms in total. The van der Waals surface area contributed by atoms with E-state index in [1.54, 1.807) is 31.4 Å². The standard InChI is InChI=1S/C22H28N2O4/c1-17(25)18-4-3-5-22(14-18)28-16-20(26)15-23-10-12-24(13-11-23)19-6-8-21(27-2)9-7-19/h3-9,14,20,26H,10-13,15-16H2,1-2H3. The van der Waals surface area contributed by atoms with Crippen molar-refractivity contribution in [1.82, 2.24) is 4.90 Å². The monoisotopic (exact) mass is 384 g/mol. The van der Waals surface area contributed by atoms with Crippen molar-refractivity contribution in [3.05, 3.63) is 54.1 Å². The third kappa shape index (κ3) is 5.47. The van der Waals surface area contributed by atoms with Crippen LogP contribution in [0.1, 0.15) is 17.3 Å². The molecule has 1 unspecified atom stereocenters. The molecule has 0 aliphatic carbocycles. The Balaban J connectivity index is 1.42. The molecule has 150 valence electrons. The van der Waals surface area contributed by atoms with Crippen LogP contribution in [0.5, 0.6) is 11.5 Å². The number of piperazine rings is 1. The number of aliphatic hydroxyl groups is 1. The molecule has 1 heterocycles. The van der Waals surface area contributed by atoms with Gasteiger partial charge in [0.05, 0.1) is 7.11 Å². The lowest BCUT2D eigenvalue weighted by Gasteiger charge is -2.36. The van der Waals surface area contributed by atoms with Crippen LogP contribution in [0, 0.1) is 0 Å². The molecule has 0 saturated carbocycles. The quantitative estimate of drug-likeness (QED) is 0.706. The summed E-state index contributed by atoms with van der Waals surface area (Å²) in [5.74, 6) is 1.47. The van der Waals surface area contributed by atoms with Crippen LogP contribution in [0.25, 0.3) is 0 Å². The van der Waals surface area contributed by atoms with E-state index in [0.717, 1.165) is 31.9 Å². The van der Waals surface area contributed by atoms with Crippen molar-refractivity contribution in [3.8, 4) is 11.5 Å². The second kappa shape index (κ2) is 9.57. The van der Waals surface area contributed by atoms with Crippen LogP contribution in [-0.4, -0.2) is 68.3 Å². The molecule has 1 aliphatic rings. The lowest BCUT2D eigenvalue weighted by atomic mass is 10.1. The summed E-state index contributed by atoms with van der Waals surface area (Å²) in [6, 6.07) is 15.2. The molecule has 2 aromatic carbocycles. The lowest BCUT2D eigenvalue weighted by molar-refractivity contribution is 0.0663. The molecular weight excluding hydrogens is 356 g/mol. The van der Waals surface area contributed by atoms with Gasteiger partial charge in [-0.05, 0) is 43.3 Å². The maximum atomic E-state index is 11.4. The molecule has 0 aromatic heterocycles. The summed E-state index contributed by atoms with van der Waals surface area (Å²) in [6.45, 7) is 5.93. The molecule has 1 saturated heterocycles. The molecule has 6 heteroatoms. The molecule has 0 bridgehead atoms. The maximum absolute atomic E-state index is 11.4. The van der Waals surface area contributed by atoms with Crippen molar-refractivity contribution >= 4 is 11.5 Å². The van der Waals surface area contributed by atoms with Gasteiger partial charge in [0.15, 0.2) is 5.78 Å². The van der Waals surface area contributed by atoms with Gasteiger partial charge in [-0.3, -0.25) is 9.69 Å². The molecule has 1 aliphatic heterocycles. The zero-order valence-corrected chi connectivity index (χ0v) is 16.5. The molecule has 2 aromatic rings. The van der Waals surface area contributed by atoms with E-state index in [0.29, 0.717) is 17.9 Å². The van der Waals surface area contributed by atoms with Crippen LogP contribution >= 0.6 is 0 Å². The van der Waals surface area contributed by atoms with Crippen molar-refractivity contribution in [2.45, 2.75) is 13.0 Å². The van der Waals surface area contributed by atoms with Crippen molar-refractivity contribution in [1.29, 1.82) is 0 Å². The Morgan fingerprint density at radius 1 is 1.07 bits per heavy atom. The van der Waals surface area contributed by atoms with Gasteiger partial charge >= 0.3 is 0 Å². The van der Waals surface area contributed by atoms with Crippen LogP contribution in [0.4, 0.5) is 5.69 Å². The number of ketones is 1. The predicted octanol–water partition coefficient (Wildman–Crippen LogP) is 2.46. The largest absolute Gasteiger partial charge is 0.497 e. The maximum Gasteiger partial charge on any atom is 0.159 e. The predicted molar refractivity (Wildman–Crippen MR) is 110 cm³/mol. The molecule has 1 fully saturated rings. The lowest BCUT2D eigenvalue weighted by Crippen LogP contribution is -2.49. The second-order valence-electron chi connectivity index (χ2n) is 7.03. The van der Waals surface area contributed by atoms with Gasteiger partial charge in [0.2, 0.25) is 0 Å². The number of anilines is 1. The smallest absolute Gasteiger partial charge is 0.159 e. The summed E-state index contributed by atoms with van der Waals surface area (Å²) in [5, 5.41) is 10.3. The number of methoxy groups -OCH3 is 1. The highest BCUT2D eigenvalue weighted by molar-refractivity contribution is 5.94. The van der Waals surface area contributed by atoms with E-state index in [2.05, 4.69) is 21.9 Å². The van der Waals surface area contributed by atoms with Gasteiger partial charge in [0.25, 0.3) is 0 Å². The van der Waals surface area contributed by atoms with E-state index in [9.17, 15) is 9.90 Å². The van der Waals surface area contributed by atoms with Gasteiger partial charge in [-0.1, -0.05) is 12.1 Å². The first-order chi connectivity index (χ1) is 13.5. The Labute approximate surface area is 166 Å². The first-order valence-electron chi connectivity index (χ1n) is 9.58. The van der Waals surface area contributed by atoms with Crippen molar-refractivity contribution in [2.75, 3.05) is 51.3 Å². The fourth-order valence-corrected chi connectivity index (χ4v) is 3.33. The summed E-state index contributed by atoms with van der Waals surface area (Å²) < 4.78 is 10.9. The molecule has 0 amide bonds. The number of ether oxygens (including phenoxy) is 2. The minimum Gasteiger partial charge on any atom is -0.497 e. The van der Waals surface area contributed by atoms with E-state index in [1.165, 1.54) is 12.6 Å². The first kappa shape index (κ1) is 20.2. The molecule has 0 spiro atoms. The number of carbonyl (C=O) groups excluding carboxylic acids is 1. The van der Waals surface area contributed by atoms with Crippen LogP contribution < -0.4 is 14.4 Å². The summed E-state index contributed by atoms with van der Waals surface area (Å²) in [5.41, 5.74) is 1.80. The minimum absolute atomic E-state index is 0.000675. The summed E-state index contributed by atoms with van der Waals surface area (Å²) in [6.07, 6.45) is -0.575. The fourth-order valence-electron chi connectivity index (χ4n) is 3.33. The normalized spacial score (nSPS) is 15.9. The average Bonchev–Trinajstić information content (AvgIpc) is 2.73. The number of nitrogens with zero attached hydrogens (tertiary/aromatic N) is 2. The van der Waals surface area contributed by atoms with E-state index in [-0.39, 0.29) is 12.4 Å². The molecule has 1 N–H and O–H groups in total. The van der Waals surface area contributed by atoms with E-state index < -0.39 is 6.10 Å². The number of β-amino-alcohol motifs (C(OH)–C–C–N with tert-alkyl or cyclic N) is 1.